The first-order valence-corrected chi connectivity index (χ1v) is 17.1. The number of aliphatic hydroxyl groups is 1. The topological polar surface area (TPSA) is 55.8 Å². The van der Waals surface area contributed by atoms with Gasteiger partial charge in [0.1, 0.15) is 0 Å². The summed E-state index contributed by atoms with van der Waals surface area (Å²) in [6.45, 7) is 0.172. The van der Waals surface area contributed by atoms with Crippen LogP contribution >= 0.6 is 40.2 Å². The second kappa shape index (κ2) is 18.3. The Labute approximate surface area is 264 Å². The molecule has 2 aromatic carbocycles. The Hall–Kier alpha value is 1.07. The minimum atomic E-state index is 0. The fourth-order valence-electron chi connectivity index (χ4n) is 2.65. The van der Waals surface area contributed by atoms with Crippen molar-refractivity contribution in [1.29, 1.82) is 0 Å². The van der Waals surface area contributed by atoms with Gasteiger partial charge in [0.2, 0.25) is 0 Å². The van der Waals surface area contributed by atoms with Gasteiger partial charge in [0, 0.05) is 0 Å². The first kappa shape index (κ1) is 33.1. The zero-order valence-electron chi connectivity index (χ0n) is 18.7. The van der Waals surface area contributed by atoms with Crippen LogP contribution in [0.5, 0.6) is 11.5 Å². The summed E-state index contributed by atoms with van der Waals surface area (Å²) < 4.78 is 15.1. The Morgan fingerprint density at radius 2 is 1.21 bits per heavy atom. The summed E-state index contributed by atoms with van der Waals surface area (Å²) >= 11 is 2.93. The molecule has 176 valence electrons. The summed E-state index contributed by atoms with van der Waals surface area (Å²) in [6, 6.07) is 23.9. The zero-order valence-corrected chi connectivity index (χ0v) is 41.6. The number of aldehydes is 1. The number of rotatable bonds is 8. The third-order valence-corrected chi connectivity index (χ3v) is 9.85. The number of carbonyl (C=O) groups excluding carboxylic acids is 1. The van der Waals surface area contributed by atoms with Crippen molar-refractivity contribution in [3.8, 4) is 31.5 Å². The second-order valence-electron chi connectivity index (χ2n) is 6.15. The summed E-state index contributed by atoms with van der Waals surface area (Å²) in [5.41, 5.74) is 2.37. The van der Waals surface area contributed by atoms with Crippen molar-refractivity contribution < 1.29 is 18.3 Å². The molecule has 12 heteroatoms. The van der Waals surface area contributed by atoms with Gasteiger partial charge in [-0.05, 0) is 0 Å². The van der Waals surface area contributed by atoms with E-state index in [1.165, 1.54) is 37.8 Å². The van der Waals surface area contributed by atoms with Crippen molar-refractivity contribution >= 4 is 130 Å². The van der Waals surface area contributed by atoms with Gasteiger partial charge in [-0.2, -0.15) is 0 Å². The normalized spacial score (nSPS) is 9.62. The van der Waals surface area contributed by atoms with Gasteiger partial charge in [0.15, 0.2) is 0 Å². The van der Waals surface area contributed by atoms with Crippen molar-refractivity contribution in [3.05, 3.63) is 81.7 Å². The van der Waals surface area contributed by atoms with Gasteiger partial charge < -0.3 is 0 Å². The molecular weight excluding hydrogens is 1020 g/mol. The molecule has 2 atom stereocenters. The van der Waals surface area contributed by atoms with Gasteiger partial charge in [0.05, 0.1) is 0 Å². The van der Waals surface area contributed by atoms with Gasteiger partial charge in [-0.1, -0.05) is 0 Å². The molecule has 1 N–H and O–H groups in total. The van der Waals surface area contributed by atoms with Crippen LogP contribution in [-0.2, 0) is 6.61 Å². The molecule has 34 heavy (non-hydrogen) atoms. The van der Waals surface area contributed by atoms with Gasteiger partial charge in [0.25, 0.3) is 0 Å². The van der Waals surface area contributed by atoms with Crippen molar-refractivity contribution in [2.24, 2.45) is 0 Å². The molecule has 4 aromatic rings. The van der Waals surface area contributed by atoms with Crippen LogP contribution in [0.15, 0.2) is 72.8 Å². The van der Waals surface area contributed by atoms with E-state index >= 15 is 0 Å². The predicted octanol–water partition coefficient (Wildman–Crippen LogP) is 3.93. The van der Waals surface area contributed by atoms with E-state index in [1.807, 2.05) is 54.6 Å². The van der Waals surface area contributed by atoms with Gasteiger partial charge in [-0.25, -0.2) is 0 Å². The Balaban J connectivity index is 0.000000321. The number of hydrogen-bond donors (Lipinski definition) is 1. The van der Waals surface area contributed by atoms with Crippen LogP contribution in [0.25, 0.3) is 20.0 Å². The second-order valence-corrected chi connectivity index (χ2v) is 12.8. The van der Waals surface area contributed by atoms with Gasteiger partial charge in [-0.3, -0.25) is 0 Å². The molecule has 0 spiro atoms. The van der Waals surface area contributed by atoms with E-state index in [2.05, 4.69) is 35.1 Å². The number of hydrogen-bond acceptors (Lipinski definition) is 6. The van der Waals surface area contributed by atoms with Crippen LogP contribution in [0.2, 0.25) is 0 Å². The average Bonchev–Trinajstić information content (AvgIpc) is 3.51. The van der Waals surface area contributed by atoms with Crippen molar-refractivity contribution in [3.63, 3.8) is 0 Å². The molecule has 0 saturated heterocycles. The van der Waals surface area contributed by atoms with Crippen molar-refractivity contribution in [2.75, 3.05) is 0 Å². The van der Waals surface area contributed by atoms with E-state index < -0.39 is 0 Å². The fourth-order valence-corrected chi connectivity index (χ4v) is 7.33. The Kier molecular flexibility index (Phi) is 17.9. The average molecular weight is 1050 g/mol. The molecule has 0 aliphatic rings. The zero-order chi connectivity index (χ0) is 22.8. The van der Waals surface area contributed by atoms with Crippen LogP contribution in [0.4, 0.5) is 0 Å². The molecule has 0 amide bonds. The monoisotopic (exact) mass is 1050 g/mol. The van der Waals surface area contributed by atoms with Gasteiger partial charge in [-0.15, -0.1) is 0 Å². The molecule has 4 rings (SSSR count). The molecule has 2 heterocycles. The minimum absolute atomic E-state index is 0. The summed E-state index contributed by atoms with van der Waals surface area (Å²) in [5, 5.41) is 9.03. The molecule has 4 nitrogen and oxygen atoms in total. The van der Waals surface area contributed by atoms with E-state index in [4.69, 9.17) is 13.5 Å². The summed E-state index contributed by atoms with van der Waals surface area (Å²) in [5.74, 6) is 1.68. The van der Waals surface area contributed by atoms with Crippen molar-refractivity contribution in [1.82, 2.24) is 0 Å². The van der Waals surface area contributed by atoms with Crippen LogP contribution < -0.4 is 8.37 Å². The molecule has 0 aliphatic carbocycles. The summed E-state index contributed by atoms with van der Waals surface area (Å²) in [4.78, 5) is 10.6. The number of benzene rings is 2. The Morgan fingerprint density at radius 3 is 1.59 bits per heavy atom. The quantitative estimate of drug-likeness (QED) is 0.125. The van der Waals surface area contributed by atoms with Crippen LogP contribution in [-0.4, -0.2) is 95.0 Å². The first-order valence-electron chi connectivity index (χ1n) is 9.19. The molecule has 2 radical (unpaired) electrons. The van der Waals surface area contributed by atoms with E-state index in [0.717, 1.165) is 32.2 Å². The number of carbonyl (C=O) groups is 1. The SMILES string of the molecule is O=Cc1ccc(-c2ccc(OSP)cc2)[se]1.OCc1ccc(-c2ccc(OSP)cc2)[se]1.[TlH2].[TlH2]. The third kappa shape index (κ3) is 10.4. The van der Waals surface area contributed by atoms with Gasteiger partial charge >= 0.3 is 268 Å². The standard InChI is InChI=1S/C11H11O2PSSe.C11H9O2PSSe.2Tl.4H/c2*12-7-10-5-6-11(16-10)8-1-3-9(4-2-8)13-15-14;;;;;;/h1-6,12H,7,14H2;1-7H,14H2;;;;;;. The van der Waals surface area contributed by atoms with E-state index in [0.29, 0.717) is 0 Å². The number of aliphatic hydroxyl groups excluding tert-OH is 1. The van der Waals surface area contributed by atoms with E-state index in [-0.39, 0.29) is 90.2 Å². The first-order chi connectivity index (χ1) is 15.7. The molecule has 0 aliphatic heterocycles. The molecular formula is C22H24O4P2S2Se2Tl2. The van der Waals surface area contributed by atoms with Crippen LogP contribution in [0.1, 0.15) is 13.7 Å². The Morgan fingerprint density at radius 1 is 0.735 bits per heavy atom. The summed E-state index contributed by atoms with van der Waals surface area (Å²) in [7, 11) is 4.89. The van der Waals surface area contributed by atoms with E-state index in [1.54, 1.807) is 0 Å². The molecule has 0 fully saturated rings. The van der Waals surface area contributed by atoms with Crippen molar-refractivity contribution in [2.45, 2.75) is 6.61 Å². The Bertz CT molecular complexity index is 1130. The molecule has 2 unspecified atom stereocenters. The maximum absolute atomic E-state index is 10.6. The fraction of sp³-hybridized carbons (Fsp3) is 0.0455. The molecule has 2 aromatic heterocycles. The maximum atomic E-state index is 10.6. The molecule has 0 bridgehead atoms. The van der Waals surface area contributed by atoms with E-state index in [9.17, 15) is 4.79 Å². The predicted molar refractivity (Wildman–Crippen MR) is 162 cm³/mol. The summed E-state index contributed by atoms with van der Waals surface area (Å²) in [6.07, 6.45) is 0.936. The van der Waals surface area contributed by atoms with Crippen LogP contribution in [0.3, 0.4) is 0 Å². The van der Waals surface area contributed by atoms with Crippen LogP contribution in [0, 0.1) is 0 Å². The molecule has 0 saturated carbocycles. The third-order valence-electron chi connectivity index (χ3n) is 4.13.